The molecular formula is C11H9BrN4O4S. The number of hydrogen-bond donors (Lipinski definition) is 1. The number of carboxylic acids is 1. The molecule has 21 heavy (non-hydrogen) atoms. The van der Waals surface area contributed by atoms with E-state index in [1.807, 2.05) is 0 Å². The van der Waals surface area contributed by atoms with E-state index in [0.29, 0.717) is 21.0 Å². The van der Waals surface area contributed by atoms with Gasteiger partial charge in [-0.25, -0.2) is 0 Å². The molecule has 2 rings (SSSR count). The van der Waals surface area contributed by atoms with Gasteiger partial charge in [0.25, 0.3) is 5.69 Å². The number of thioether (sulfide) groups is 1. The van der Waals surface area contributed by atoms with Crippen LogP contribution in [-0.2, 0) is 11.8 Å². The molecule has 0 atom stereocenters. The third-order valence-corrected chi connectivity index (χ3v) is 3.97. The highest BCUT2D eigenvalue weighted by molar-refractivity contribution is 9.10. The maximum Gasteiger partial charge on any atom is 0.313 e. The van der Waals surface area contributed by atoms with Gasteiger partial charge in [-0.1, -0.05) is 27.7 Å². The number of benzene rings is 1. The van der Waals surface area contributed by atoms with Gasteiger partial charge >= 0.3 is 5.97 Å². The second-order valence-electron chi connectivity index (χ2n) is 4.00. The summed E-state index contributed by atoms with van der Waals surface area (Å²) in [7, 11) is 1.67. The van der Waals surface area contributed by atoms with Crippen molar-refractivity contribution in [2.75, 3.05) is 5.75 Å². The van der Waals surface area contributed by atoms with Crippen LogP contribution >= 0.6 is 27.7 Å². The Morgan fingerprint density at radius 2 is 2.19 bits per heavy atom. The van der Waals surface area contributed by atoms with E-state index < -0.39 is 10.9 Å². The van der Waals surface area contributed by atoms with E-state index in [0.717, 1.165) is 11.8 Å². The zero-order valence-electron chi connectivity index (χ0n) is 10.7. The Bertz CT molecular complexity index is 718. The minimum Gasteiger partial charge on any atom is -0.481 e. The molecule has 2 aromatic rings. The third kappa shape index (κ3) is 3.58. The first-order valence-corrected chi connectivity index (χ1v) is 7.35. The van der Waals surface area contributed by atoms with Crippen LogP contribution in [0.25, 0.3) is 11.4 Å². The highest BCUT2D eigenvalue weighted by Gasteiger charge is 2.16. The Labute approximate surface area is 131 Å². The van der Waals surface area contributed by atoms with Crippen LogP contribution in [0.2, 0.25) is 0 Å². The van der Waals surface area contributed by atoms with Gasteiger partial charge in [0.15, 0.2) is 11.0 Å². The second kappa shape index (κ2) is 6.22. The lowest BCUT2D eigenvalue weighted by atomic mass is 10.2. The zero-order chi connectivity index (χ0) is 15.6. The predicted octanol–water partition coefficient (Wildman–Crippen LogP) is 2.33. The smallest absolute Gasteiger partial charge is 0.313 e. The Morgan fingerprint density at radius 3 is 2.81 bits per heavy atom. The fraction of sp³-hybridized carbons (Fsp3) is 0.182. The molecule has 1 aromatic carbocycles. The molecule has 1 aromatic heterocycles. The van der Waals surface area contributed by atoms with Gasteiger partial charge in [-0.2, -0.15) is 0 Å². The third-order valence-electron chi connectivity index (χ3n) is 2.51. The number of halogens is 1. The standard InChI is InChI=1S/C11H9BrN4O4S/c1-15-10(13-14-11(15)21-5-9(17)18)6-2-7(12)4-8(3-6)16(19)20/h2-4H,5H2,1H3,(H,17,18). The molecule has 0 aliphatic heterocycles. The molecular weight excluding hydrogens is 364 g/mol. The summed E-state index contributed by atoms with van der Waals surface area (Å²) in [6, 6.07) is 4.46. The second-order valence-corrected chi connectivity index (χ2v) is 5.86. The van der Waals surface area contributed by atoms with Crippen LogP contribution in [0.1, 0.15) is 0 Å². The van der Waals surface area contributed by atoms with E-state index in [1.165, 1.54) is 12.1 Å². The number of nitrogens with zero attached hydrogens (tertiary/aromatic N) is 4. The molecule has 0 saturated carbocycles. The summed E-state index contributed by atoms with van der Waals surface area (Å²) in [6.45, 7) is 0. The Kier molecular flexibility index (Phi) is 4.58. The number of non-ortho nitro benzene ring substituents is 1. The van der Waals surface area contributed by atoms with E-state index in [4.69, 9.17) is 5.11 Å². The quantitative estimate of drug-likeness (QED) is 0.486. The lowest BCUT2D eigenvalue weighted by Crippen LogP contribution is -2.01. The number of rotatable bonds is 5. The van der Waals surface area contributed by atoms with Crippen molar-refractivity contribution in [2.24, 2.45) is 7.05 Å². The topological polar surface area (TPSA) is 111 Å². The molecule has 8 nitrogen and oxygen atoms in total. The van der Waals surface area contributed by atoms with Crippen LogP contribution in [0.3, 0.4) is 0 Å². The molecule has 0 radical (unpaired) electrons. The van der Waals surface area contributed by atoms with Crippen LogP contribution in [-0.4, -0.2) is 36.5 Å². The number of nitro groups is 1. The molecule has 0 amide bonds. The SMILES string of the molecule is Cn1c(SCC(=O)O)nnc1-c1cc(Br)cc([N+](=O)[O-])c1. The van der Waals surface area contributed by atoms with Gasteiger partial charge in [0.2, 0.25) is 0 Å². The first-order valence-electron chi connectivity index (χ1n) is 5.58. The summed E-state index contributed by atoms with van der Waals surface area (Å²) in [5, 5.41) is 27.8. The Hall–Kier alpha value is -1.94. The van der Waals surface area contributed by atoms with Crippen LogP contribution in [0.5, 0.6) is 0 Å². The van der Waals surface area contributed by atoms with Crippen LogP contribution in [0.15, 0.2) is 27.8 Å². The van der Waals surface area contributed by atoms with Gasteiger partial charge in [0.1, 0.15) is 0 Å². The summed E-state index contributed by atoms with van der Waals surface area (Å²) >= 11 is 4.24. The average molecular weight is 373 g/mol. The molecule has 0 saturated heterocycles. The highest BCUT2D eigenvalue weighted by atomic mass is 79.9. The summed E-state index contributed by atoms with van der Waals surface area (Å²) < 4.78 is 2.15. The molecule has 0 fully saturated rings. The number of carbonyl (C=O) groups is 1. The zero-order valence-corrected chi connectivity index (χ0v) is 13.1. The van der Waals surface area contributed by atoms with Crippen LogP contribution < -0.4 is 0 Å². The molecule has 0 aliphatic carbocycles. The summed E-state index contributed by atoms with van der Waals surface area (Å²) in [5.41, 5.74) is 0.454. The van der Waals surface area contributed by atoms with Crippen molar-refractivity contribution in [2.45, 2.75) is 5.16 Å². The van der Waals surface area contributed by atoms with E-state index >= 15 is 0 Å². The predicted molar refractivity (Wildman–Crippen MR) is 79.2 cm³/mol. The normalized spacial score (nSPS) is 10.6. The van der Waals surface area contributed by atoms with Crippen molar-refractivity contribution in [3.05, 3.63) is 32.8 Å². The monoisotopic (exact) mass is 372 g/mol. The van der Waals surface area contributed by atoms with Gasteiger partial charge in [-0.15, -0.1) is 10.2 Å². The van der Waals surface area contributed by atoms with Gasteiger partial charge in [0, 0.05) is 29.2 Å². The van der Waals surface area contributed by atoms with Gasteiger partial charge in [0.05, 0.1) is 10.7 Å². The van der Waals surface area contributed by atoms with Crippen molar-refractivity contribution in [1.29, 1.82) is 0 Å². The maximum absolute atomic E-state index is 10.9. The average Bonchev–Trinajstić information content (AvgIpc) is 2.77. The van der Waals surface area contributed by atoms with Gasteiger partial charge in [-0.05, 0) is 6.07 Å². The van der Waals surface area contributed by atoms with E-state index in [2.05, 4.69) is 26.1 Å². The number of nitro benzene ring substituents is 1. The van der Waals surface area contributed by atoms with Crippen LogP contribution in [0.4, 0.5) is 5.69 Å². The molecule has 0 aliphatic rings. The van der Waals surface area contributed by atoms with E-state index in [1.54, 1.807) is 17.7 Å². The first-order chi connectivity index (χ1) is 9.88. The molecule has 10 heteroatoms. The molecule has 0 unspecified atom stereocenters. The summed E-state index contributed by atoms with van der Waals surface area (Å²) in [5.74, 6) is -0.667. The fourth-order valence-corrected chi connectivity index (χ4v) is 2.74. The summed E-state index contributed by atoms with van der Waals surface area (Å²) in [4.78, 5) is 20.9. The number of carboxylic acid groups (broad SMARTS) is 1. The highest BCUT2D eigenvalue weighted by Crippen LogP contribution is 2.29. The maximum atomic E-state index is 10.9. The Balaban J connectivity index is 2.38. The van der Waals surface area contributed by atoms with Crippen molar-refractivity contribution in [3.63, 3.8) is 0 Å². The largest absolute Gasteiger partial charge is 0.481 e. The molecule has 1 heterocycles. The van der Waals surface area contributed by atoms with E-state index in [9.17, 15) is 14.9 Å². The van der Waals surface area contributed by atoms with Gasteiger partial charge in [-0.3, -0.25) is 14.9 Å². The van der Waals surface area contributed by atoms with Crippen molar-refractivity contribution < 1.29 is 14.8 Å². The molecule has 0 spiro atoms. The fourth-order valence-electron chi connectivity index (χ4n) is 1.63. The minimum absolute atomic E-state index is 0.0675. The first kappa shape index (κ1) is 15.4. The molecule has 110 valence electrons. The Morgan fingerprint density at radius 1 is 1.48 bits per heavy atom. The lowest BCUT2D eigenvalue weighted by molar-refractivity contribution is -0.384. The van der Waals surface area contributed by atoms with Crippen molar-refractivity contribution in [1.82, 2.24) is 14.8 Å². The van der Waals surface area contributed by atoms with Gasteiger partial charge < -0.3 is 9.67 Å². The lowest BCUT2D eigenvalue weighted by Gasteiger charge is -2.04. The number of aliphatic carboxylic acids is 1. The van der Waals surface area contributed by atoms with Crippen molar-refractivity contribution >= 4 is 39.3 Å². The van der Waals surface area contributed by atoms with Crippen molar-refractivity contribution in [3.8, 4) is 11.4 Å². The number of hydrogen-bond acceptors (Lipinski definition) is 6. The van der Waals surface area contributed by atoms with Crippen LogP contribution in [0, 0.1) is 10.1 Å². The molecule has 1 N–H and O–H groups in total. The summed E-state index contributed by atoms with van der Waals surface area (Å²) in [6.07, 6.45) is 0. The van der Waals surface area contributed by atoms with E-state index in [-0.39, 0.29) is 11.4 Å². The minimum atomic E-state index is -0.956. The molecule has 0 bridgehead atoms. The number of aromatic nitrogens is 3.